The normalized spacial score (nSPS) is 17.5. The lowest BCUT2D eigenvalue weighted by molar-refractivity contribution is -0.305. The summed E-state index contributed by atoms with van der Waals surface area (Å²) in [6.07, 6.45) is 1.66. The molecule has 1 amide bonds. The quantitative estimate of drug-likeness (QED) is 0.724. The molecule has 128 valence electrons. The van der Waals surface area contributed by atoms with E-state index in [2.05, 4.69) is 0 Å². The number of hydrogen-bond donors (Lipinski definition) is 1. The van der Waals surface area contributed by atoms with Crippen molar-refractivity contribution in [1.82, 2.24) is 4.90 Å². The second-order valence-corrected chi connectivity index (χ2v) is 5.81. The summed E-state index contributed by atoms with van der Waals surface area (Å²) in [5.74, 6) is -2.48. The molecule has 2 rings (SSSR count). The van der Waals surface area contributed by atoms with Crippen LogP contribution >= 0.6 is 0 Å². The summed E-state index contributed by atoms with van der Waals surface area (Å²) in [5, 5.41) is 20.5. The van der Waals surface area contributed by atoms with E-state index in [0.29, 0.717) is 25.8 Å². The Morgan fingerprint density at radius 1 is 1.17 bits per heavy atom. The minimum absolute atomic E-state index is 0.0156. The third kappa shape index (κ3) is 3.82. The first-order valence-electron chi connectivity index (χ1n) is 7.93. The first-order chi connectivity index (χ1) is 11.4. The third-order valence-corrected chi connectivity index (χ3v) is 4.08. The van der Waals surface area contributed by atoms with Gasteiger partial charge in [-0.25, -0.2) is 0 Å². The molecule has 0 fully saturated rings. The van der Waals surface area contributed by atoms with Gasteiger partial charge >= 0.3 is 0 Å². The summed E-state index contributed by atoms with van der Waals surface area (Å²) < 4.78 is 0. The Balaban J connectivity index is 2.15. The minimum atomic E-state index is -1.09. The number of carbonyl (C=O) groups excluding carboxylic acids is 3. The SMILES string of the molecule is CC(=O)C1=C(O)C(=O)N(CCCCCC(=O)[O-])[C@@H]1c1ccccc1. The number of hydrogen-bond acceptors (Lipinski definition) is 5. The molecule has 1 atom stereocenters. The standard InChI is InChI=1S/C18H21NO5/c1-12(20)15-16(13-8-4-2-5-9-13)19(18(24)17(15)23)11-7-3-6-10-14(21)22/h2,4-5,8-9,16,23H,3,6-7,10-11H2,1H3,(H,21,22)/p-1/t16-/m1/s1. The van der Waals surface area contributed by atoms with Gasteiger partial charge in [-0.3, -0.25) is 9.59 Å². The smallest absolute Gasteiger partial charge is 0.290 e. The predicted molar refractivity (Wildman–Crippen MR) is 84.7 cm³/mol. The third-order valence-electron chi connectivity index (χ3n) is 4.08. The van der Waals surface area contributed by atoms with Gasteiger partial charge in [-0.05, 0) is 31.7 Å². The zero-order valence-corrected chi connectivity index (χ0v) is 13.5. The Labute approximate surface area is 140 Å². The number of Topliss-reactive ketones (excluding diaryl/α,β-unsaturated/α-hetero) is 1. The topological polar surface area (TPSA) is 97.7 Å². The van der Waals surface area contributed by atoms with Gasteiger partial charge in [-0.1, -0.05) is 36.8 Å². The van der Waals surface area contributed by atoms with E-state index in [4.69, 9.17) is 0 Å². The first-order valence-corrected chi connectivity index (χ1v) is 7.93. The zero-order valence-electron chi connectivity index (χ0n) is 13.5. The summed E-state index contributed by atoms with van der Waals surface area (Å²) in [5.41, 5.74) is 0.871. The fraction of sp³-hybridized carbons (Fsp3) is 0.389. The molecule has 0 spiro atoms. The lowest BCUT2D eigenvalue weighted by Gasteiger charge is -2.26. The lowest BCUT2D eigenvalue weighted by atomic mass is 9.96. The molecule has 24 heavy (non-hydrogen) atoms. The average molecular weight is 330 g/mol. The summed E-state index contributed by atoms with van der Waals surface area (Å²) >= 11 is 0. The van der Waals surface area contributed by atoms with Crippen molar-refractivity contribution < 1.29 is 24.6 Å². The number of carboxylic acid groups (broad SMARTS) is 1. The molecule has 6 heteroatoms. The van der Waals surface area contributed by atoms with E-state index >= 15 is 0 Å². The Hall–Kier alpha value is -2.63. The van der Waals surface area contributed by atoms with Gasteiger partial charge in [0.25, 0.3) is 5.91 Å². The fourth-order valence-corrected chi connectivity index (χ4v) is 2.95. The number of nitrogens with zero attached hydrogens (tertiary/aromatic N) is 1. The predicted octanol–water partition coefficient (Wildman–Crippen LogP) is 1.28. The minimum Gasteiger partial charge on any atom is -0.550 e. The molecule has 0 aliphatic carbocycles. The van der Waals surface area contributed by atoms with Gasteiger partial charge in [-0.15, -0.1) is 0 Å². The van der Waals surface area contributed by atoms with Crippen LogP contribution in [0.1, 0.15) is 44.2 Å². The van der Waals surface area contributed by atoms with E-state index in [-0.39, 0.29) is 17.8 Å². The molecule has 0 saturated heterocycles. The number of rotatable bonds is 8. The van der Waals surface area contributed by atoms with Gasteiger partial charge in [0.05, 0.1) is 11.6 Å². The van der Waals surface area contributed by atoms with Crippen LogP contribution in [0, 0.1) is 0 Å². The monoisotopic (exact) mass is 330 g/mol. The van der Waals surface area contributed by atoms with Gasteiger partial charge in [-0.2, -0.15) is 0 Å². The molecule has 1 aromatic carbocycles. The maximum absolute atomic E-state index is 12.3. The fourth-order valence-electron chi connectivity index (χ4n) is 2.95. The second-order valence-electron chi connectivity index (χ2n) is 5.81. The van der Waals surface area contributed by atoms with Crippen molar-refractivity contribution in [3.8, 4) is 0 Å². The van der Waals surface area contributed by atoms with E-state index in [1.54, 1.807) is 0 Å². The Kier molecular flexibility index (Phi) is 5.73. The molecule has 1 aliphatic heterocycles. The number of aliphatic hydroxyl groups excluding tert-OH is 1. The van der Waals surface area contributed by atoms with Crippen LogP contribution in [0.2, 0.25) is 0 Å². The number of aliphatic carboxylic acids is 1. The van der Waals surface area contributed by atoms with Crippen molar-refractivity contribution in [1.29, 1.82) is 0 Å². The molecular weight excluding hydrogens is 310 g/mol. The molecule has 1 aliphatic rings. The number of aliphatic hydroxyl groups is 1. The van der Waals surface area contributed by atoms with E-state index in [1.165, 1.54) is 11.8 Å². The van der Waals surface area contributed by atoms with Crippen LogP contribution in [-0.4, -0.2) is 34.2 Å². The number of carboxylic acids is 1. The van der Waals surface area contributed by atoms with Crippen LogP contribution in [-0.2, 0) is 14.4 Å². The molecule has 1 heterocycles. The summed E-state index contributed by atoms with van der Waals surface area (Å²) in [6.45, 7) is 1.67. The average Bonchev–Trinajstić information content (AvgIpc) is 2.80. The number of ketones is 1. The highest BCUT2D eigenvalue weighted by Crippen LogP contribution is 2.37. The van der Waals surface area contributed by atoms with Crippen LogP contribution in [0.3, 0.4) is 0 Å². The van der Waals surface area contributed by atoms with Crippen molar-refractivity contribution in [2.24, 2.45) is 0 Å². The van der Waals surface area contributed by atoms with Gasteiger partial charge in [0.15, 0.2) is 11.5 Å². The summed E-state index contributed by atoms with van der Waals surface area (Å²) in [4.78, 5) is 36.1. The molecule has 0 aromatic heterocycles. The lowest BCUT2D eigenvalue weighted by Crippen LogP contribution is -2.32. The first kappa shape index (κ1) is 17.7. The summed E-state index contributed by atoms with van der Waals surface area (Å²) in [7, 11) is 0. The Morgan fingerprint density at radius 2 is 1.83 bits per heavy atom. The number of carbonyl (C=O) groups is 3. The highest BCUT2D eigenvalue weighted by Gasteiger charge is 2.41. The van der Waals surface area contributed by atoms with Crippen LogP contribution in [0.4, 0.5) is 0 Å². The van der Waals surface area contributed by atoms with E-state index in [9.17, 15) is 24.6 Å². The van der Waals surface area contributed by atoms with Crippen molar-refractivity contribution in [3.63, 3.8) is 0 Å². The van der Waals surface area contributed by atoms with Gasteiger partial charge in [0.1, 0.15) is 0 Å². The van der Waals surface area contributed by atoms with Gasteiger partial charge in [0, 0.05) is 12.5 Å². The molecule has 0 bridgehead atoms. The Morgan fingerprint density at radius 3 is 2.42 bits per heavy atom. The molecule has 1 N–H and O–H groups in total. The molecule has 0 saturated carbocycles. The highest BCUT2D eigenvalue weighted by atomic mass is 16.4. The van der Waals surface area contributed by atoms with E-state index in [0.717, 1.165) is 5.56 Å². The van der Waals surface area contributed by atoms with E-state index in [1.807, 2.05) is 30.3 Å². The van der Waals surface area contributed by atoms with Crippen LogP contribution in [0.25, 0.3) is 0 Å². The van der Waals surface area contributed by atoms with E-state index < -0.39 is 23.7 Å². The Bertz CT molecular complexity index is 665. The van der Waals surface area contributed by atoms with Crippen LogP contribution < -0.4 is 5.11 Å². The highest BCUT2D eigenvalue weighted by molar-refractivity contribution is 6.08. The van der Waals surface area contributed by atoms with Crippen LogP contribution in [0.15, 0.2) is 41.7 Å². The number of unbranched alkanes of at least 4 members (excludes halogenated alkanes) is 2. The van der Waals surface area contributed by atoms with Gasteiger partial charge < -0.3 is 19.9 Å². The maximum Gasteiger partial charge on any atom is 0.290 e. The zero-order chi connectivity index (χ0) is 17.7. The maximum atomic E-state index is 12.3. The van der Waals surface area contributed by atoms with Gasteiger partial charge in [0.2, 0.25) is 0 Å². The van der Waals surface area contributed by atoms with Crippen LogP contribution in [0.5, 0.6) is 0 Å². The summed E-state index contributed by atoms with van der Waals surface area (Å²) in [6, 6.07) is 8.47. The van der Waals surface area contributed by atoms with Crippen molar-refractivity contribution in [2.75, 3.05) is 6.54 Å². The van der Waals surface area contributed by atoms with Crippen molar-refractivity contribution in [2.45, 2.75) is 38.6 Å². The largest absolute Gasteiger partial charge is 0.550 e. The molecule has 6 nitrogen and oxygen atoms in total. The molecule has 1 aromatic rings. The number of amides is 1. The molecular formula is C18H20NO5-. The second kappa shape index (κ2) is 7.77. The molecule has 0 unspecified atom stereocenters. The molecule has 0 radical (unpaired) electrons. The van der Waals surface area contributed by atoms with Crippen molar-refractivity contribution >= 4 is 17.7 Å². The number of benzene rings is 1. The van der Waals surface area contributed by atoms with Crippen molar-refractivity contribution in [3.05, 3.63) is 47.2 Å².